The van der Waals surface area contributed by atoms with E-state index in [0.29, 0.717) is 5.41 Å². The Morgan fingerprint density at radius 1 is 1.09 bits per heavy atom. The van der Waals surface area contributed by atoms with Gasteiger partial charge in [0.05, 0.1) is 6.10 Å². The molecular weight excluding hydrogens is 272 g/mol. The van der Waals surface area contributed by atoms with Gasteiger partial charge in [0.2, 0.25) is 0 Å². The molecule has 0 aromatic heterocycles. The number of aliphatic hydroxyl groups is 1. The summed E-state index contributed by atoms with van der Waals surface area (Å²) in [5, 5.41) is 10.0. The maximum absolute atomic E-state index is 10.0. The minimum atomic E-state index is -0.106. The van der Waals surface area contributed by atoms with Gasteiger partial charge in [-0.25, -0.2) is 0 Å². The summed E-state index contributed by atoms with van der Waals surface area (Å²) in [6, 6.07) is 0. The molecule has 0 spiro atoms. The molecule has 2 saturated carbocycles. The highest BCUT2D eigenvalue weighted by Gasteiger charge is 2.56. The molecule has 0 radical (unpaired) electrons. The van der Waals surface area contributed by atoms with Crippen molar-refractivity contribution in [1.82, 2.24) is 5.43 Å². The van der Waals surface area contributed by atoms with Crippen molar-refractivity contribution < 1.29 is 5.11 Å². The first-order valence-electron chi connectivity index (χ1n) is 9.04. The van der Waals surface area contributed by atoms with Gasteiger partial charge in [0.15, 0.2) is 0 Å². The van der Waals surface area contributed by atoms with Crippen LogP contribution in [0.1, 0.15) is 58.8 Å². The second-order valence-electron chi connectivity index (χ2n) is 8.61. The second-order valence-corrected chi connectivity index (χ2v) is 8.61. The summed E-state index contributed by atoms with van der Waals surface area (Å²) in [4.78, 5) is 0. The molecule has 122 valence electrons. The van der Waals surface area contributed by atoms with Crippen LogP contribution in [0.2, 0.25) is 0 Å². The van der Waals surface area contributed by atoms with Gasteiger partial charge in [-0.05, 0) is 68.1 Å². The molecule has 0 saturated heterocycles. The first-order valence-corrected chi connectivity index (χ1v) is 9.04. The SMILES string of the molecule is C[C@]12CC[C@H](O)CC1=CCC1C2CC[C@]2(C)C(NN)=CCC12. The highest BCUT2D eigenvalue weighted by atomic mass is 16.3. The number of hydrogen-bond donors (Lipinski definition) is 3. The lowest BCUT2D eigenvalue weighted by molar-refractivity contribution is -0.0309. The van der Waals surface area contributed by atoms with Crippen LogP contribution in [-0.2, 0) is 0 Å². The van der Waals surface area contributed by atoms with Crippen molar-refractivity contribution in [3.63, 3.8) is 0 Å². The van der Waals surface area contributed by atoms with Gasteiger partial charge >= 0.3 is 0 Å². The molecule has 3 nitrogen and oxygen atoms in total. The van der Waals surface area contributed by atoms with Gasteiger partial charge in [-0.3, -0.25) is 5.84 Å². The Bertz CT molecular complexity index is 540. The summed E-state index contributed by atoms with van der Waals surface area (Å²) in [6.07, 6.45) is 12.7. The fourth-order valence-corrected chi connectivity index (χ4v) is 6.43. The number of hydrogen-bond acceptors (Lipinski definition) is 3. The van der Waals surface area contributed by atoms with Gasteiger partial charge in [0, 0.05) is 11.1 Å². The van der Waals surface area contributed by atoms with Crippen LogP contribution < -0.4 is 11.3 Å². The number of nitrogens with two attached hydrogens (primary N) is 1. The number of fused-ring (bicyclic) bond motifs is 5. The zero-order valence-electron chi connectivity index (χ0n) is 13.9. The van der Waals surface area contributed by atoms with E-state index in [2.05, 4.69) is 31.4 Å². The highest BCUT2D eigenvalue weighted by molar-refractivity contribution is 5.29. The van der Waals surface area contributed by atoms with Gasteiger partial charge in [0.1, 0.15) is 0 Å². The minimum absolute atomic E-state index is 0.106. The average Bonchev–Trinajstić information content (AvgIpc) is 2.84. The van der Waals surface area contributed by atoms with Gasteiger partial charge in [0.25, 0.3) is 0 Å². The van der Waals surface area contributed by atoms with Crippen LogP contribution in [0, 0.1) is 28.6 Å². The number of nitrogens with one attached hydrogen (secondary N) is 1. The number of aliphatic hydroxyl groups excluding tert-OH is 1. The van der Waals surface area contributed by atoms with Crippen molar-refractivity contribution in [3.05, 3.63) is 23.4 Å². The molecule has 0 amide bonds. The fourth-order valence-electron chi connectivity index (χ4n) is 6.43. The molecule has 0 bridgehead atoms. The topological polar surface area (TPSA) is 58.3 Å². The minimum Gasteiger partial charge on any atom is -0.393 e. The molecule has 6 atom stereocenters. The van der Waals surface area contributed by atoms with E-state index in [9.17, 15) is 5.11 Å². The molecule has 0 aliphatic heterocycles. The summed E-state index contributed by atoms with van der Waals surface area (Å²) in [7, 11) is 0. The van der Waals surface area contributed by atoms with Crippen LogP contribution in [0.15, 0.2) is 23.4 Å². The fraction of sp³-hybridized carbons (Fsp3) is 0.789. The predicted molar refractivity (Wildman–Crippen MR) is 88.5 cm³/mol. The van der Waals surface area contributed by atoms with Crippen molar-refractivity contribution in [2.45, 2.75) is 64.9 Å². The van der Waals surface area contributed by atoms with Gasteiger partial charge in [-0.2, -0.15) is 0 Å². The summed E-state index contributed by atoms with van der Waals surface area (Å²) >= 11 is 0. The molecule has 0 aromatic rings. The van der Waals surface area contributed by atoms with Crippen molar-refractivity contribution in [1.29, 1.82) is 0 Å². The molecule has 2 fully saturated rings. The Hall–Kier alpha value is -0.800. The van der Waals surface area contributed by atoms with Gasteiger partial charge in [-0.15, -0.1) is 0 Å². The van der Waals surface area contributed by atoms with Crippen LogP contribution in [-0.4, -0.2) is 11.2 Å². The lowest BCUT2D eigenvalue weighted by atomic mass is 9.48. The third-order valence-corrected chi connectivity index (χ3v) is 7.81. The number of hydrazine groups is 1. The Morgan fingerprint density at radius 2 is 1.86 bits per heavy atom. The summed E-state index contributed by atoms with van der Waals surface area (Å²) < 4.78 is 0. The quantitative estimate of drug-likeness (QED) is 0.396. The largest absolute Gasteiger partial charge is 0.393 e. The van der Waals surface area contributed by atoms with Crippen molar-refractivity contribution in [3.8, 4) is 0 Å². The van der Waals surface area contributed by atoms with Crippen LogP contribution in [0.5, 0.6) is 0 Å². The van der Waals surface area contributed by atoms with Crippen molar-refractivity contribution >= 4 is 0 Å². The molecule has 4 aliphatic carbocycles. The van der Waals surface area contributed by atoms with E-state index in [-0.39, 0.29) is 11.5 Å². The lowest BCUT2D eigenvalue weighted by Gasteiger charge is -2.57. The zero-order valence-corrected chi connectivity index (χ0v) is 13.9. The highest BCUT2D eigenvalue weighted by Crippen LogP contribution is 2.64. The number of allylic oxidation sites excluding steroid dienone is 3. The van der Waals surface area contributed by atoms with Gasteiger partial charge in [-0.1, -0.05) is 31.6 Å². The lowest BCUT2D eigenvalue weighted by Crippen LogP contribution is -2.51. The van der Waals surface area contributed by atoms with Crippen LogP contribution in [0.25, 0.3) is 0 Å². The standard InChI is InChI=1S/C19H30N2O/c1-18-9-7-13(22)11-12(18)3-4-14-15-5-6-17(21-20)19(15,2)10-8-16(14)18/h3,6,13-16,21-22H,4-5,7-11,20H2,1-2H3/t13-,14?,15?,16?,18-,19-/m0/s1. The molecule has 22 heavy (non-hydrogen) atoms. The van der Waals surface area contributed by atoms with Gasteiger partial charge < -0.3 is 10.5 Å². The van der Waals surface area contributed by atoms with E-state index in [0.717, 1.165) is 30.6 Å². The molecule has 3 unspecified atom stereocenters. The summed E-state index contributed by atoms with van der Waals surface area (Å²) in [5.41, 5.74) is 6.40. The maximum Gasteiger partial charge on any atom is 0.0577 e. The van der Waals surface area contributed by atoms with E-state index in [1.54, 1.807) is 5.57 Å². The van der Waals surface area contributed by atoms with E-state index < -0.39 is 0 Å². The molecular formula is C19H30N2O. The first-order chi connectivity index (χ1) is 10.5. The molecule has 4 rings (SSSR count). The summed E-state index contributed by atoms with van der Waals surface area (Å²) in [5.74, 6) is 8.10. The van der Waals surface area contributed by atoms with Crippen molar-refractivity contribution in [2.75, 3.05) is 0 Å². The third kappa shape index (κ3) is 1.81. The predicted octanol–water partition coefficient (Wildman–Crippen LogP) is 3.27. The molecule has 4 aliphatic rings. The van der Waals surface area contributed by atoms with E-state index >= 15 is 0 Å². The Labute approximate surface area is 134 Å². The Morgan fingerprint density at radius 3 is 2.64 bits per heavy atom. The maximum atomic E-state index is 10.0. The Balaban J connectivity index is 1.66. The van der Waals surface area contributed by atoms with Crippen LogP contribution in [0.4, 0.5) is 0 Å². The molecule has 3 heteroatoms. The summed E-state index contributed by atoms with van der Waals surface area (Å²) in [6.45, 7) is 4.90. The van der Waals surface area contributed by atoms with E-state index in [4.69, 9.17) is 5.84 Å². The van der Waals surface area contributed by atoms with Crippen molar-refractivity contribution in [2.24, 2.45) is 34.4 Å². The normalized spacial score (nSPS) is 50.4. The molecule has 0 aromatic carbocycles. The third-order valence-electron chi connectivity index (χ3n) is 7.81. The molecule has 0 heterocycles. The monoisotopic (exact) mass is 302 g/mol. The smallest absolute Gasteiger partial charge is 0.0577 e. The molecule has 4 N–H and O–H groups in total. The second kappa shape index (κ2) is 4.85. The zero-order chi connectivity index (χ0) is 15.5. The Kier molecular flexibility index (Phi) is 3.25. The van der Waals surface area contributed by atoms with E-state index in [1.165, 1.54) is 37.8 Å². The van der Waals surface area contributed by atoms with Crippen LogP contribution >= 0.6 is 0 Å². The first kappa shape index (κ1) is 14.8. The van der Waals surface area contributed by atoms with E-state index in [1.807, 2.05) is 0 Å². The average molecular weight is 302 g/mol. The van der Waals surface area contributed by atoms with Crippen LogP contribution in [0.3, 0.4) is 0 Å². The number of rotatable bonds is 1.